The Bertz CT molecular complexity index is 11.6. The summed E-state index contributed by atoms with van der Waals surface area (Å²) in [4.78, 5) is 0. The maximum atomic E-state index is 9.82. The molecule has 0 aromatic rings. The number of halogens is 3. The number of hydrogen-bond acceptors (Lipinski definition) is 0. The van der Waals surface area contributed by atoms with Gasteiger partial charge >= 0.3 is 38.6 Å². The van der Waals surface area contributed by atoms with Crippen molar-refractivity contribution in [3.05, 3.63) is 0 Å². The normalized spacial score (nSPS) is 9.00. The SMILES string of the molecule is [F][Dy]([F])[F].[Tb]. The van der Waals surface area contributed by atoms with Gasteiger partial charge in [0.25, 0.3) is 0 Å². The fraction of sp³-hybridized carbons (Fsp3) is 0. The summed E-state index contributed by atoms with van der Waals surface area (Å²) in [5, 5.41) is 0. The van der Waals surface area contributed by atoms with Crippen LogP contribution in [-0.4, -0.2) is 0 Å². The Balaban J connectivity index is 0. The molecular formula is DyF3Tb. The molecule has 5 heavy (non-hydrogen) atoms. The molecule has 0 rings (SSSR count). The molecule has 0 aliphatic carbocycles. The first-order valence-electron chi connectivity index (χ1n) is 0.359. The van der Waals surface area contributed by atoms with Crippen molar-refractivity contribution in [1.29, 1.82) is 0 Å². The third kappa shape index (κ3) is 21.8. The van der Waals surface area contributed by atoms with Crippen LogP contribution in [-0.2, 0) is 0 Å². The Morgan fingerprint density at radius 3 is 1.00 bits per heavy atom. The average molecular weight is 378 g/mol. The molecule has 0 N–H and O–H groups in total. The third-order valence-electron chi connectivity index (χ3n) is 0. The van der Waals surface area contributed by atoms with E-state index in [1.54, 1.807) is 0 Å². The molecule has 5 heteroatoms. The van der Waals surface area contributed by atoms with E-state index in [4.69, 9.17) is 0 Å². The summed E-state index contributed by atoms with van der Waals surface area (Å²) in [6.07, 6.45) is 0. The van der Waals surface area contributed by atoms with E-state index in [2.05, 4.69) is 0 Å². The fourth-order valence-electron chi connectivity index (χ4n) is 0. The monoisotopic (exact) mass is 380 g/mol. The Hall–Kier alpha value is 2.35. The number of rotatable bonds is 0. The van der Waals surface area contributed by atoms with Gasteiger partial charge in [-0.25, -0.2) is 0 Å². The molecule has 0 saturated heterocycles. The quantitative estimate of drug-likeness (QED) is 0.596. The standard InChI is InChI=1S/Dy.3FH.Tb/h;3*1H;/q+3;;;;/p-3. The van der Waals surface area contributed by atoms with E-state index < -0.39 is 34.6 Å². The molecule has 0 nitrogen and oxygen atoms in total. The van der Waals surface area contributed by atoms with Gasteiger partial charge in [-0.2, -0.15) is 0 Å². The van der Waals surface area contributed by atoms with Gasteiger partial charge in [0.15, 0.2) is 0 Å². The van der Waals surface area contributed by atoms with Crippen LogP contribution in [0.3, 0.4) is 0 Å². The Morgan fingerprint density at radius 1 is 1.00 bits per heavy atom. The summed E-state index contributed by atoms with van der Waals surface area (Å²) < 4.78 is 29.5. The van der Waals surface area contributed by atoms with Gasteiger partial charge < -0.3 is 0 Å². The summed E-state index contributed by atoms with van der Waals surface area (Å²) in [5.74, 6) is 0. The first-order valence-corrected chi connectivity index (χ1v) is 2.66. The topological polar surface area (TPSA) is 0 Å². The van der Waals surface area contributed by atoms with Gasteiger partial charge in [-0.1, -0.05) is 0 Å². The van der Waals surface area contributed by atoms with Crippen LogP contribution in [0.15, 0.2) is 0 Å². The van der Waals surface area contributed by atoms with Crippen molar-refractivity contribution in [1.82, 2.24) is 0 Å². The Labute approximate surface area is 75.3 Å². The zero-order valence-corrected chi connectivity index (χ0v) is 5.95. The molecule has 0 atom stereocenters. The van der Waals surface area contributed by atoms with E-state index in [-0.39, 0.29) is 38.6 Å². The van der Waals surface area contributed by atoms with Gasteiger partial charge in [0.2, 0.25) is 0 Å². The van der Waals surface area contributed by atoms with Gasteiger partial charge in [-0.3, -0.25) is 0 Å². The molecule has 1 radical (unpaired) electrons. The maximum absolute atomic E-state index is 9.82. The van der Waals surface area contributed by atoms with Crippen LogP contribution in [0, 0.1) is 73.2 Å². The predicted octanol–water partition coefficient (Wildman–Crippen LogP) is 1.26. The van der Waals surface area contributed by atoms with Crippen LogP contribution in [0.2, 0.25) is 0 Å². The van der Waals surface area contributed by atoms with Gasteiger partial charge in [0.05, 0.1) is 0 Å². The summed E-state index contributed by atoms with van der Waals surface area (Å²) in [5.41, 5.74) is 0. The third-order valence-corrected chi connectivity index (χ3v) is 0. The van der Waals surface area contributed by atoms with Crippen LogP contribution in [0.4, 0.5) is 3.95 Å². The smallest absolute Gasteiger partial charge is 0 e. The van der Waals surface area contributed by atoms with Gasteiger partial charge in [-0.05, 0) is 0 Å². The van der Waals surface area contributed by atoms with E-state index in [0.717, 1.165) is 0 Å². The van der Waals surface area contributed by atoms with Gasteiger partial charge in [0.1, 0.15) is 0 Å². The van der Waals surface area contributed by atoms with Gasteiger partial charge in [0, 0.05) is 38.6 Å². The molecule has 0 aromatic heterocycles. The molecule has 0 fully saturated rings. The van der Waals surface area contributed by atoms with Crippen molar-refractivity contribution < 1.29 is 77.2 Å². The molecule has 0 aliphatic rings. The molecular weight excluding hydrogens is 378 g/mol. The maximum Gasteiger partial charge on any atom is 0 e. The first kappa shape index (κ1) is 10.4. The van der Waals surface area contributed by atoms with Crippen molar-refractivity contribution in [2.24, 2.45) is 0 Å². The van der Waals surface area contributed by atoms with Crippen molar-refractivity contribution in [3.8, 4) is 0 Å². The van der Waals surface area contributed by atoms with E-state index in [1.807, 2.05) is 0 Å². The van der Waals surface area contributed by atoms with Crippen LogP contribution >= 0.6 is 0 Å². The minimum atomic E-state index is -4.77. The van der Waals surface area contributed by atoms with Crippen LogP contribution in [0.25, 0.3) is 0 Å². The molecule has 0 heterocycles. The van der Waals surface area contributed by atoms with Gasteiger partial charge in [-0.15, -0.1) is 0 Å². The summed E-state index contributed by atoms with van der Waals surface area (Å²) >= 11 is -4.77. The van der Waals surface area contributed by atoms with Crippen LogP contribution in [0.5, 0.6) is 0 Å². The zero-order valence-electron chi connectivity index (χ0n) is 1.78. The van der Waals surface area contributed by atoms with E-state index in [0.29, 0.717) is 0 Å². The minimum Gasteiger partial charge on any atom is 0 e. The molecule has 0 amide bonds. The Morgan fingerprint density at radius 2 is 1.00 bits per heavy atom. The summed E-state index contributed by atoms with van der Waals surface area (Å²) in [6.45, 7) is 0. The second kappa shape index (κ2) is 6.35. The average Bonchev–Trinajstić information content (AvgIpc) is 0.811. The summed E-state index contributed by atoms with van der Waals surface area (Å²) in [6, 6.07) is 0. The molecule has 0 aliphatic heterocycles. The van der Waals surface area contributed by atoms with Crippen molar-refractivity contribution >= 4 is 0 Å². The van der Waals surface area contributed by atoms with Crippen LogP contribution in [0.1, 0.15) is 0 Å². The molecule has 0 spiro atoms. The second-order valence-electron chi connectivity index (χ2n) is 0.136. The predicted molar refractivity (Wildman–Crippen MR) is 3.32 cm³/mol. The molecule has 0 unspecified atom stereocenters. The van der Waals surface area contributed by atoms with E-state index in [1.165, 1.54) is 0 Å². The molecule has 0 saturated carbocycles. The van der Waals surface area contributed by atoms with E-state index >= 15 is 0 Å². The molecule has 0 aromatic carbocycles. The largest absolute Gasteiger partial charge is 0 e. The Kier molecular flexibility index (Phi) is 13.1. The molecule has 40 valence electrons. The minimum absolute atomic E-state index is 0. The number of hydrogen-bond donors (Lipinski definition) is 0. The first-order chi connectivity index (χ1) is 1.73. The molecule has 0 bridgehead atoms. The fourth-order valence-corrected chi connectivity index (χ4v) is 0. The van der Waals surface area contributed by atoms with Crippen molar-refractivity contribution in [3.63, 3.8) is 0 Å². The van der Waals surface area contributed by atoms with Crippen molar-refractivity contribution in [2.75, 3.05) is 0 Å². The summed E-state index contributed by atoms with van der Waals surface area (Å²) in [7, 11) is 0. The van der Waals surface area contributed by atoms with E-state index in [9.17, 15) is 3.95 Å². The zero-order chi connectivity index (χ0) is 3.58. The van der Waals surface area contributed by atoms with Crippen LogP contribution < -0.4 is 0 Å². The second-order valence-corrected chi connectivity index (χ2v) is 1.01. The van der Waals surface area contributed by atoms with Crippen molar-refractivity contribution in [2.45, 2.75) is 0 Å².